The molecule has 2 rings (SSSR count). The van der Waals surface area contributed by atoms with Gasteiger partial charge in [0, 0.05) is 11.6 Å². The fourth-order valence-electron chi connectivity index (χ4n) is 4.88. The van der Waals surface area contributed by atoms with Crippen LogP contribution >= 0.6 is 0 Å². The molecule has 1 heterocycles. The van der Waals surface area contributed by atoms with Gasteiger partial charge in [-0.15, -0.1) is 0 Å². The summed E-state index contributed by atoms with van der Waals surface area (Å²) in [6, 6.07) is 0.417. The first-order valence-corrected chi connectivity index (χ1v) is 9.32. The predicted octanol–water partition coefficient (Wildman–Crippen LogP) is 3.69. The number of hydrogen-bond donors (Lipinski definition) is 2. The summed E-state index contributed by atoms with van der Waals surface area (Å²) in [7, 11) is 0. The molecule has 3 unspecified atom stereocenters. The molecule has 3 N–H and O–H groups in total. The van der Waals surface area contributed by atoms with Crippen LogP contribution in [-0.2, 0) is 0 Å². The highest BCUT2D eigenvalue weighted by Gasteiger charge is 2.42. The Morgan fingerprint density at radius 2 is 1.67 bits per heavy atom. The van der Waals surface area contributed by atoms with Crippen molar-refractivity contribution >= 4 is 0 Å². The van der Waals surface area contributed by atoms with E-state index in [1.165, 1.54) is 70.9 Å². The molecule has 21 heavy (non-hydrogen) atoms. The molecule has 0 spiro atoms. The van der Waals surface area contributed by atoms with Crippen molar-refractivity contribution in [2.75, 3.05) is 13.1 Å². The van der Waals surface area contributed by atoms with Crippen LogP contribution in [0.2, 0.25) is 0 Å². The average Bonchev–Trinajstić information content (AvgIpc) is 2.78. The second-order valence-corrected chi connectivity index (χ2v) is 7.82. The summed E-state index contributed by atoms with van der Waals surface area (Å²) in [4.78, 5) is 2.71. The van der Waals surface area contributed by atoms with Crippen LogP contribution in [0.5, 0.6) is 0 Å². The second-order valence-electron chi connectivity index (χ2n) is 7.82. The Morgan fingerprint density at radius 3 is 2.24 bits per heavy atom. The maximum atomic E-state index is 6.08. The molecule has 0 bridgehead atoms. The molecule has 3 nitrogen and oxygen atoms in total. The number of rotatable bonds is 5. The molecular formula is C18H37N3. The Morgan fingerprint density at radius 1 is 1.05 bits per heavy atom. The van der Waals surface area contributed by atoms with Gasteiger partial charge in [0.05, 0.1) is 0 Å². The third-order valence-electron chi connectivity index (χ3n) is 6.28. The Bertz CT molecular complexity index is 295. The third-order valence-corrected chi connectivity index (χ3v) is 6.28. The summed E-state index contributed by atoms with van der Waals surface area (Å²) in [5, 5.41) is 0. The van der Waals surface area contributed by atoms with E-state index in [1.54, 1.807) is 0 Å². The van der Waals surface area contributed by atoms with Crippen LogP contribution in [0.4, 0.5) is 0 Å². The predicted molar refractivity (Wildman–Crippen MR) is 91.0 cm³/mol. The molecule has 0 radical (unpaired) electrons. The van der Waals surface area contributed by atoms with E-state index in [-0.39, 0.29) is 5.54 Å². The molecule has 1 saturated heterocycles. The molecular weight excluding hydrogens is 258 g/mol. The molecule has 1 saturated carbocycles. The highest BCUT2D eigenvalue weighted by atomic mass is 15.3. The fraction of sp³-hybridized carbons (Fsp3) is 1.00. The summed E-state index contributed by atoms with van der Waals surface area (Å²) in [5.74, 6) is 7.67. The van der Waals surface area contributed by atoms with E-state index in [0.717, 1.165) is 11.8 Å². The minimum absolute atomic E-state index is 0.161. The first kappa shape index (κ1) is 17.2. The van der Waals surface area contributed by atoms with Crippen LogP contribution < -0.4 is 11.3 Å². The summed E-state index contributed by atoms with van der Waals surface area (Å²) in [6.45, 7) is 9.69. The Labute approximate surface area is 132 Å². The zero-order valence-electron chi connectivity index (χ0n) is 14.5. The molecule has 1 aliphatic heterocycles. The average molecular weight is 296 g/mol. The number of hydrogen-bond acceptors (Lipinski definition) is 3. The van der Waals surface area contributed by atoms with Gasteiger partial charge < -0.3 is 0 Å². The van der Waals surface area contributed by atoms with E-state index in [1.807, 2.05) is 0 Å². The monoisotopic (exact) mass is 295 g/mol. The number of hydrazine groups is 1. The summed E-state index contributed by atoms with van der Waals surface area (Å²) in [5.41, 5.74) is 3.41. The van der Waals surface area contributed by atoms with E-state index in [0.29, 0.717) is 6.04 Å². The smallest absolute Gasteiger partial charge is 0.0420 e. The highest BCUT2D eigenvalue weighted by Crippen LogP contribution is 2.39. The Balaban J connectivity index is 2.12. The van der Waals surface area contributed by atoms with Crippen LogP contribution in [0.3, 0.4) is 0 Å². The van der Waals surface area contributed by atoms with E-state index in [4.69, 9.17) is 5.84 Å². The SMILES string of the molecule is CCC1CCCCC1C(NN)C(C)(C)N1CCCCCC1. The summed E-state index contributed by atoms with van der Waals surface area (Å²) < 4.78 is 0. The van der Waals surface area contributed by atoms with Gasteiger partial charge in [0.1, 0.15) is 0 Å². The number of nitrogens with two attached hydrogens (primary N) is 1. The van der Waals surface area contributed by atoms with Gasteiger partial charge in [-0.25, -0.2) is 0 Å². The molecule has 0 aromatic heterocycles. The van der Waals surface area contributed by atoms with Crippen molar-refractivity contribution < 1.29 is 0 Å². The van der Waals surface area contributed by atoms with Crippen LogP contribution in [0.15, 0.2) is 0 Å². The van der Waals surface area contributed by atoms with Gasteiger partial charge in [0.2, 0.25) is 0 Å². The van der Waals surface area contributed by atoms with Gasteiger partial charge in [-0.1, -0.05) is 45.4 Å². The van der Waals surface area contributed by atoms with Crippen molar-refractivity contribution in [3.8, 4) is 0 Å². The van der Waals surface area contributed by atoms with Crippen LogP contribution in [0.1, 0.15) is 78.6 Å². The normalized spacial score (nSPS) is 30.9. The quantitative estimate of drug-likeness (QED) is 0.600. The lowest BCUT2D eigenvalue weighted by atomic mass is 9.69. The maximum absolute atomic E-state index is 6.08. The topological polar surface area (TPSA) is 41.3 Å². The van der Waals surface area contributed by atoms with Crippen LogP contribution in [-0.4, -0.2) is 29.6 Å². The number of nitrogens with one attached hydrogen (secondary N) is 1. The van der Waals surface area contributed by atoms with E-state index >= 15 is 0 Å². The number of nitrogens with zero attached hydrogens (tertiary/aromatic N) is 1. The van der Waals surface area contributed by atoms with Gasteiger partial charge in [0.25, 0.3) is 0 Å². The Kier molecular flexibility index (Phi) is 6.51. The first-order chi connectivity index (χ1) is 10.1. The zero-order chi connectivity index (χ0) is 15.3. The van der Waals surface area contributed by atoms with Gasteiger partial charge in [-0.3, -0.25) is 16.2 Å². The van der Waals surface area contributed by atoms with Gasteiger partial charge in [0.15, 0.2) is 0 Å². The summed E-state index contributed by atoms with van der Waals surface area (Å²) in [6.07, 6.45) is 12.3. The number of likely N-dealkylation sites (tertiary alicyclic amines) is 1. The van der Waals surface area contributed by atoms with Crippen molar-refractivity contribution in [1.82, 2.24) is 10.3 Å². The van der Waals surface area contributed by atoms with Crippen molar-refractivity contribution in [1.29, 1.82) is 0 Å². The molecule has 1 aliphatic carbocycles. The highest BCUT2D eigenvalue weighted by molar-refractivity contribution is 4.99. The van der Waals surface area contributed by atoms with Crippen molar-refractivity contribution in [3.05, 3.63) is 0 Å². The zero-order valence-corrected chi connectivity index (χ0v) is 14.5. The van der Waals surface area contributed by atoms with Crippen molar-refractivity contribution in [3.63, 3.8) is 0 Å². The van der Waals surface area contributed by atoms with E-state index in [2.05, 4.69) is 31.1 Å². The van der Waals surface area contributed by atoms with Gasteiger partial charge in [-0.2, -0.15) is 0 Å². The largest absolute Gasteiger partial charge is 0.297 e. The first-order valence-electron chi connectivity index (χ1n) is 9.32. The van der Waals surface area contributed by atoms with Crippen molar-refractivity contribution in [2.24, 2.45) is 17.7 Å². The van der Waals surface area contributed by atoms with E-state index < -0.39 is 0 Å². The lowest BCUT2D eigenvalue weighted by Gasteiger charge is -2.49. The van der Waals surface area contributed by atoms with Gasteiger partial charge >= 0.3 is 0 Å². The van der Waals surface area contributed by atoms with Crippen molar-refractivity contribution in [2.45, 2.75) is 90.1 Å². The van der Waals surface area contributed by atoms with Gasteiger partial charge in [-0.05, 0) is 58.0 Å². The van der Waals surface area contributed by atoms with E-state index in [9.17, 15) is 0 Å². The van der Waals surface area contributed by atoms with Crippen LogP contribution in [0, 0.1) is 11.8 Å². The fourth-order valence-corrected chi connectivity index (χ4v) is 4.88. The lowest BCUT2D eigenvalue weighted by molar-refractivity contribution is 0.0293. The molecule has 3 heteroatoms. The third kappa shape index (κ3) is 4.00. The second kappa shape index (κ2) is 7.94. The molecule has 2 fully saturated rings. The molecule has 0 aromatic rings. The molecule has 0 amide bonds. The molecule has 2 aliphatic rings. The maximum Gasteiger partial charge on any atom is 0.0420 e. The molecule has 0 aromatic carbocycles. The minimum Gasteiger partial charge on any atom is -0.297 e. The minimum atomic E-state index is 0.161. The van der Waals surface area contributed by atoms with Crippen LogP contribution in [0.25, 0.3) is 0 Å². The standard InChI is InChI=1S/C18H37N3/c1-4-15-11-7-8-12-16(15)17(20-19)18(2,3)21-13-9-5-6-10-14-21/h15-17,20H,4-14,19H2,1-3H3. The molecule has 3 atom stereocenters. The summed E-state index contributed by atoms with van der Waals surface area (Å²) >= 11 is 0. The molecule has 124 valence electrons. The lowest BCUT2D eigenvalue weighted by Crippen LogP contribution is -2.63. The Hall–Kier alpha value is -0.120.